The molecule has 4 saturated carbocycles. The molecule has 10 aromatic carbocycles. The molecule has 11 aromatic rings. The Morgan fingerprint density at radius 3 is 0.947 bits per heavy atom. The van der Waals surface area contributed by atoms with Crippen molar-refractivity contribution in [2.45, 2.75) is 250 Å². The van der Waals surface area contributed by atoms with Gasteiger partial charge in [0, 0.05) is 117 Å². The summed E-state index contributed by atoms with van der Waals surface area (Å²) in [6.45, 7) is 19.3. The molecule has 150 heavy (non-hydrogen) atoms. The summed E-state index contributed by atoms with van der Waals surface area (Å²) in [5.74, 6) is 3.52. The van der Waals surface area contributed by atoms with Crippen molar-refractivity contribution in [2.75, 3.05) is 78.2 Å². The summed E-state index contributed by atoms with van der Waals surface area (Å²) in [6, 6.07) is 85.7. The van der Waals surface area contributed by atoms with Crippen molar-refractivity contribution in [3.63, 3.8) is 0 Å². The highest BCUT2D eigenvalue weighted by Gasteiger charge is 2.43. The largest absolute Gasteiger partial charge is 0.341 e. The number of piperidine rings is 3. The lowest BCUT2D eigenvalue weighted by atomic mass is 10.0. The van der Waals surface area contributed by atoms with Crippen LogP contribution in [0, 0.1) is 59.3 Å². The number of amides is 8. The van der Waals surface area contributed by atoms with Crippen LogP contribution in [0.3, 0.4) is 0 Å². The number of likely N-dealkylation sites (tertiary alicyclic amines) is 3. The molecule has 8 fully saturated rings. The highest BCUT2D eigenvalue weighted by molar-refractivity contribution is 7.88. The Morgan fingerprint density at radius 2 is 0.613 bits per heavy atom. The van der Waals surface area contributed by atoms with Gasteiger partial charge in [-0.2, -0.15) is 4.31 Å². The fraction of sp³-hybridized carbons (Fsp3) is 0.429. The first-order chi connectivity index (χ1) is 72.6. The topological polar surface area (TPSA) is 252 Å². The maximum Gasteiger partial charge on any atom is 0.251 e. The van der Waals surface area contributed by atoms with Gasteiger partial charge in [-0.25, -0.2) is 8.42 Å². The molecular weight excluding hydrogens is 1930 g/mol. The molecule has 0 bridgehead atoms. The van der Waals surface area contributed by atoms with Crippen molar-refractivity contribution in [3.05, 3.63) is 349 Å². The van der Waals surface area contributed by atoms with E-state index in [0.717, 1.165) is 181 Å². The van der Waals surface area contributed by atoms with Crippen LogP contribution in [0.4, 0.5) is 0 Å². The van der Waals surface area contributed by atoms with Gasteiger partial charge in [-0.3, -0.25) is 38.4 Å². The molecule has 1 aromatic heterocycles. The first-order valence-electron chi connectivity index (χ1n) is 54.9. The molecule has 5 heterocycles. The Bertz CT molecular complexity index is 6430. The zero-order valence-electron chi connectivity index (χ0n) is 88.4. The second kappa shape index (κ2) is 53.1. The molecule has 24 heteroatoms. The van der Waals surface area contributed by atoms with E-state index < -0.39 is 40.1 Å². The highest BCUT2D eigenvalue weighted by atomic mass is 35.5. The minimum atomic E-state index is -3.30. The number of aryl methyl sites for hydroxylation is 6. The number of nitrogens with zero attached hydrogens (tertiary/aromatic N) is 6. The van der Waals surface area contributed by atoms with Gasteiger partial charge in [0.2, 0.25) is 33.7 Å². The number of hydrogen-bond donors (Lipinski definition) is 5. The SMILES string of the molecule is Cc1ccc([C@@H]2C[C@H]2CCC[C@H](NC(=O)c2ccc(-n3c(C)ccc3C)cc2)C(=O)N2CCCCC2)cc1.Cc1ccc([C@@H]2C[C@H]2CCC[C@H](NC(=O)c2ccc(Cl)c(Cl)c2)C(=O)N2CCN(S(C)(=O)=O)CC2)cc1.Cc1ccc([C@@H]2C[C@H]2NCCC[C@H](NC(=O)c2ccc(-c3ccccc3)cc2)C(=O)N2CCCCC2)cc1.Cc1ccc([C@H]2C[C@@H]2CCC[C@H](NC(=O)c2ccc(-c3ccccc3)cc2)C(=O)N2CCCCC2)cc1. The monoisotopic (exact) mass is 2080 g/mol. The molecule has 19 rings (SSSR count). The van der Waals surface area contributed by atoms with Crippen LogP contribution in [0.2, 0.25) is 10.0 Å². The predicted molar refractivity (Wildman–Crippen MR) is 602 cm³/mol. The third kappa shape index (κ3) is 31.2. The van der Waals surface area contributed by atoms with E-state index in [0.29, 0.717) is 114 Å². The first-order valence-corrected chi connectivity index (χ1v) is 57.5. The minimum Gasteiger partial charge on any atom is -0.341 e. The average Bonchev–Trinajstić information content (AvgIpc) is 1.68. The standard InChI is InChI=1S/C33H41N3O2.C33H39N3O2.C33H38N2O2.C27H33Cl2N3O4S/c1-23-10-14-26(15-11-23)30-22-28(30)8-7-9-31(33(38)35-20-5-4-6-21-35)34-32(37)27-16-18-29(19-17-27)36-24(2)12-13-25(36)3;1-24-12-14-27(15-13-24)29-23-31(29)34-20-8-11-30(33(38)36-21-6-3-7-22-36)35-32(37)28-18-16-26(17-19-28)25-9-4-2-5-10-25;1-24-13-15-27(16-14-24)30-23-29(30)11-8-12-31(33(37)35-21-6-3-7-22-35)34-32(36)28-19-17-26(18-20-28)25-9-4-2-5-10-25;1-18-6-8-19(9-7-18)22-16-20(22)4-3-5-25(30-26(33)21-10-11-23(28)24(29)17-21)27(34)31-12-14-32(15-13-31)37(2,35)36/h10-19,28,30-31H,4-9,20-22H2,1-3H3,(H,34,37);2,4-5,9-10,12-19,29-31,34H,3,6-8,11,20-23H2,1H3,(H,35,37);2,4-5,9-10,13-20,29-31H,3,6-8,11-12,21-23H2,1H3,(H,34,36);6-11,17,20,22,25H,3-5,12-16H2,1-2H3,(H,30,33)/t28-,30+,31+;29-,30-,31+;29-,30+,31-;20-,22+,25+/m1001/s1. The zero-order valence-corrected chi connectivity index (χ0v) is 90.8. The number of sulfonamides is 1. The number of carbonyl (C=O) groups excluding carboxylic acids is 8. The van der Waals surface area contributed by atoms with Crippen LogP contribution in [0.25, 0.3) is 27.9 Å². The van der Waals surface area contributed by atoms with E-state index in [1.807, 2.05) is 124 Å². The molecule has 0 spiro atoms. The number of hydrogen-bond acceptors (Lipinski definition) is 11. The molecule has 21 nitrogen and oxygen atoms in total. The molecule has 0 unspecified atom stereocenters. The Kier molecular flexibility index (Phi) is 39.1. The van der Waals surface area contributed by atoms with E-state index in [1.165, 1.54) is 93.2 Å². The van der Waals surface area contributed by atoms with Gasteiger partial charge in [-0.1, -0.05) is 247 Å². The summed E-state index contributed by atoms with van der Waals surface area (Å²) in [4.78, 5) is 114. The van der Waals surface area contributed by atoms with Crippen LogP contribution >= 0.6 is 23.2 Å². The molecule has 4 saturated heterocycles. The number of rotatable bonds is 37. The normalized spacial score (nSPS) is 20.0. The van der Waals surface area contributed by atoms with Crippen LogP contribution in [-0.4, -0.2) is 193 Å². The Morgan fingerprint density at radius 1 is 0.313 bits per heavy atom. The van der Waals surface area contributed by atoms with Gasteiger partial charge in [0.05, 0.1) is 16.3 Å². The van der Waals surface area contributed by atoms with E-state index in [4.69, 9.17) is 23.2 Å². The third-order valence-electron chi connectivity index (χ3n) is 31.6. The van der Waals surface area contributed by atoms with Crippen LogP contribution in [0.5, 0.6) is 0 Å². The maximum absolute atomic E-state index is 13.5. The Balaban J connectivity index is 0.000000142. The lowest BCUT2D eigenvalue weighted by Crippen LogP contribution is -2.55. The number of halogens is 2. The Hall–Kier alpha value is -12.3. The van der Waals surface area contributed by atoms with Crippen LogP contribution in [0.15, 0.2) is 261 Å². The van der Waals surface area contributed by atoms with E-state index in [1.54, 1.807) is 17.0 Å². The van der Waals surface area contributed by atoms with Crippen molar-refractivity contribution in [1.29, 1.82) is 0 Å². The molecule has 0 radical (unpaired) electrons. The summed E-state index contributed by atoms with van der Waals surface area (Å²) in [5.41, 5.74) is 20.6. The van der Waals surface area contributed by atoms with Gasteiger partial charge in [-0.15, -0.1) is 0 Å². The lowest BCUT2D eigenvalue weighted by Gasteiger charge is -2.35. The third-order valence-corrected chi connectivity index (χ3v) is 33.7. The summed E-state index contributed by atoms with van der Waals surface area (Å²) in [7, 11) is -3.30. The zero-order chi connectivity index (χ0) is 105. The molecule has 12 atom stereocenters. The minimum absolute atomic E-state index is 0.0582. The fourth-order valence-electron chi connectivity index (χ4n) is 22.1. The quantitative estimate of drug-likeness (QED) is 0.0229. The van der Waals surface area contributed by atoms with Crippen molar-refractivity contribution in [2.24, 2.45) is 17.8 Å². The van der Waals surface area contributed by atoms with E-state index >= 15 is 0 Å². The molecule has 5 N–H and O–H groups in total. The molecule has 790 valence electrons. The molecular formula is C126H151Cl2N11O10S. The van der Waals surface area contributed by atoms with Gasteiger partial charge in [0.1, 0.15) is 24.2 Å². The number of piperazine rings is 1. The molecule has 4 aliphatic carbocycles. The maximum atomic E-state index is 13.5. The predicted octanol–water partition coefficient (Wildman–Crippen LogP) is 23.4. The van der Waals surface area contributed by atoms with Crippen LogP contribution in [0.1, 0.15) is 275 Å². The van der Waals surface area contributed by atoms with Crippen LogP contribution in [-0.2, 0) is 29.2 Å². The summed E-state index contributed by atoms with van der Waals surface area (Å²) in [6.07, 6.45) is 25.0. The van der Waals surface area contributed by atoms with Gasteiger partial charge in [0.15, 0.2) is 0 Å². The number of nitrogens with one attached hydrogen (secondary N) is 5. The van der Waals surface area contributed by atoms with Crippen molar-refractivity contribution < 1.29 is 46.8 Å². The van der Waals surface area contributed by atoms with Crippen molar-refractivity contribution in [1.82, 2.24) is 55.1 Å². The lowest BCUT2D eigenvalue weighted by molar-refractivity contribution is -0.135. The van der Waals surface area contributed by atoms with Crippen LogP contribution < -0.4 is 26.6 Å². The van der Waals surface area contributed by atoms with E-state index in [-0.39, 0.29) is 59.5 Å². The van der Waals surface area contributed by atoms with Gasteiger partial charge < -0.3 is 50.8 Å². The van der Waals surface area contributed by atoms with E-state index in [9.17, 15) is 46.8 Å². The van der Waals surface area contributed by atoms with Gasteiger partial charge in [-0.05, 0) is 342 Å². The first kappa shape index (κ1) is 110. The average molecular weight is 2080 g/mol. The van der Waals surface area contributed by atoms with Gasteiger partial charge >= 0.3 is 0 Å². The van der Waals surface area contributed by atoms with Crippen molar-refractivity contribution >= 4 is 80.5 Å². The Labute approximate surface area is 898 Å². The second-order valence-corrected chi connectivity index (χ2v) is 45.8. The summed E-state index contributed by atoms with van der Waals surface area (Å²) >= 11 is 12.1. The number of benzene rings is 10. The summed E-state index contributed by atoms with van der Waals surface area (Å²) in [5, 5.41) is 16.5. The fourth-order valence-corrected chi connectivity index (χ4v) is 23.3. The number of aromatic nitrogens is 1. The molecule has 8 amide bonds. The van der Waals surface area contributed by atoms with Gasteiger partial charge in [0.25, 0.3) is 23.6 Å². The van der Waals surface area contributed by atoms with E-state index in [2.05, 4.69) is 206 Å². The highest BCUT2D eigenvalue weighted by Crippen LogP contribution is 2.53. The molecule has 8 aliphatic rings. The second-order valence-electron chi connectivity index (χ2n) is 43.1. The summed E-state index contributed by atoms with van der Waals surface area (Å²) < 4.78 is 27.3. The number of carbonyl (C=O) groups is 8. The van der Waals surface area contributed by atoms with Crippen molar-refractivity contribution in [3.8, 4) is 27.9 Å². The molecule has 4 aliphatic heterocycles. The smallest absolute Gasteiger partial charge is 0.251 e.